The maximum atomic E-state index is 12.9. The zero-order valence-corrected chi connectivity index (χ0v) is 21.4. The topological polar surface area (TPSA) is 122 Å². The van der Waals surface area contributed by atoms with Crippen molar-refractivity contribution >= 4 is 46.5 Å². The van der Waals surface area contributed by atoms with E-state index in [-0.39, 0.29) is 17.1 Å². The third-order valence-corrected chi connectivity index (χ3v) is 6.44. The zero-order valence-electron chi connectivity index (χ0n) is 20.6. The highest BCUT2D eigenvalue weighted by Crippen LogP contribution is 2.34. The van der Waals surface area contributed by atoms with Crippen LogP contribution in [0.25, 0.3) is 6.08 Å². The molecule has 0 bridgehead atoms. The van der Waals surface area contributed by atoms with Crippen LogP contribution in [0.15, 0.2) is 71.6 Å². The predicted octanol–water partition coefficient (Wildman–Crippen LogP) is 4.96. The number of carbonyl (C=O) groups is 4. The van der Waals surface area contributed by atoms with Crippen LogP contribution in [0.2, 0.25) is 0 Å². The summed E-state index contributed by atoms with van der Waals surface area (Å²) >= 11 is 0.755. The average molecular weight is 533 g/mol. The number of imide groups is 1. The van der Waals surface area contributed by atoms with Crippen LogP contribution in [0, 0.1) is 6.92 Å². The monoisotopic (exact) mass is 532 g/mol. The van der Waals surface area contributed by atoms with Gasteiger partial charge in [-0.1, -0.05) is 30.3 Å². The maximum Gasteiger partial charge on any atom is 0.335 e. The molecule has 0 aliphatic carbocycles. The molecule has 1 aliphatic heterocycles. The number of carboxylic acids is 1. The number of ether oxygens (including phenoxy) is 2. The second-order valence-corrected chi connectivity index (χ2v) is 9.38. The first kappa shape index (κ1) is 26.5. The van der Waals surface area contributed by atoms with Gasteiger partial charge in [0.25, 0.3) is 11.1 Å². The van der Waals surface area contributed by atoms with Crippen LogP contribution in [-0.4, -0.2) is 46.7 Å². The fraction of sp³-hybridized carbons (Fsp3) is 0.143. The number of rotatable bonds is 9. The number of nitrogens with one attached hydrogen (secondary N) is 1. The molecule has 1 saturated heterocycles. The number of carboxylic acid groups (broad SMARTS) is 1. The number of aromatic carboxylic acids is 1. The van der Waals surface area contributed by atoms with Gasteiger partial charge in [-0.15, -0.1) is 0 Å². The van der Waals surface area contributed by atoms with Gasteiger partial charge in [-0.2, -0.15) is 0 Å². The van der Waals surface area contributed by atoms with Crippen molar-refractivity contribution in [2.45, 2.75) is 13.5 Å². The van der Waals surface area contributed by atoms with Gasteiger partial charge < -0.3 is 19.9 Å². The van der Waals surface area contributed by atoms with Crippen LogP contribution < -0.4 is 14.8 Å². The van der Waals surface area contributed by atoms with E-state index in [2.05, 4.69) is 5.32 Å². The fourth-order valence-corrected chi connectivity index (χ4v) is 4.54. The molecule has 0 unspecified atom stereocenters. The Labute approximate surface area is 223 Å². The third-order valence-electron chi connectivity index (χ3n) is 5.53. The Morgan fingerprint density at radius 3 is 2.55 bits per heavy atom. The Kier molecular flexibility index (Phi) is 8.12. The molecule has 0 aromatic heterocycles. The highest BCUT2D eigenvalue weighted by Gasteiger charge is 2.36. The molecule has 9 nitrogen and oxygen atoms in total. The molecule has 1 fully saturated rings. The number of benzene rings is 3. The highest BCUT2D eigenvalue weighted by molar-refractivity contribution is 8.18. The van der Waals surface area contributed by atoms with Crippen LogP contribution in [0.4, 0.5) is 10.5 Å². The van der Waals surface area contributed by atoms with Crippen molar-refractivity contribution in [2.24, 2.45) is 0 Å². The molecular formula is C28H24N2O7S. The number of nitrogens with zero attached hydrogens (tertiary/aromatic N) is 1. The maximum absolute atomic E-state index is 12.9. The summed E-state index contributed by atoms with van der Waals surface area (Å²) in [5.74, 6) is -1.24. The van der Waals surface area contributed by atoms with Crippen LogP contribution in [0.1, 0.15) is 27.0 Å². The molecule has 1 aliphatic rings. The molecule has 0 atom stereocenters. The molecule has 2 N–H and O–H groups in total. The minimum atomic E-state index is -1.02. The van der Waals surface area contributed by atoms with Crippen molar-refractivity contribution < 1.29 is 33.8 Å². The number of amides is 3. The van der Waals surface area contributed by atoms with E-state index >= 15 is 0 Å². The van der Waals surface area contributed by atoms with Gasteiger partial charge in [0.1, 0.15) is 13.2 Å². The summed E-state index contributed by atoms with van der Waals surface area (Å²) in [6.07, 6.45) is 1.55. The van der Waals surface area contributed by atoms with Crippen LogP contribution in [0.3, 0.4) is 0 Å². The highest BCUT2D eigenvalue weighted by atomic mass is 32.2. The normalized spacial score (nSPS) is 14.1. The van der Waals surface area contributed by atoms with Gasteiger partial charge >= 0.3 is 5.97 Å². The molecule has 3 aromatic carbocycles. The van der Waals surface area contributed by atoms with Crippen molar-refractivity contribution in [3.05, 3.63) is 93.9 Å². The van der Waals surface area contributed by atoms with Crippen molar-refractivity contribution in [1.82, 2.24) is 4.90 Å². The van der Waals surface area contributed by atoms with E-state index < -0.39 is 29.6 Å². The van der Waals surface area contributed by atoms with E-state index in [0.29, 0.717) is 28.3 Å². The Morgan fingerprint density at radius 1 is 1.03 bits per heavy atom. The van der Waals surface area contributed by atoms with Gasteiger partial charge in [-0.25, -0.2) is 4.79 Å². The predicted molar refractivity (Wildman–Crippen MR) is 143 cm³/mol. The Bertz CT molecular complexity index is 1450. The van der Waals surface area contributed by atoms with Crippen molar-refractivity contribution in [3.63, 3.8) is 0 Å². The van der Waals surface area contributed by atoms with Crippen molar-refractivity contribution in [2.75, 3.05) is 19.0 Å². The van der Waals surface area contributed by atoms with Gasteiger partial charge in [0, 0.05) is 5.69 Å². The van der Waals surface area contributed by atoms with Crippen LogP contribution >= 0.6 is 11.8 Å². The lowest BCUT2D eigenvalue weighted by Gasteiger charge is -2.13. The largest absolute Gasteiger partial charge is 0.493 e. The minimum Gasteiger partial charge on any atom is -0.493 e. The number of carbonyl (C=O) groups excluding carboxylic acids is 3. The summed E-state index contributed by atoms with van der Waals surface area (Å²) in [4.78, 5) is 50.0. The summed E-state index contributed by atoms with van der Waals surface area (Å²) in [7, 11) is 1.47. The smallest absolute Gasteiger partial charge is 0.335 e. The molecule has 10 heteroatoms. The minimum absolute atomic E-state index is 0.125. The molecule has 0 radical (unpaired) electrons. The van der Waals surface area contributed by atoms with E-state index in [9.17, 15) is 19.2 Å². The lowest BCUT2D eigenvalue weighted by molar-refractivity contribution is -0.127. The molecule has 0 saturated carbocycles. The first-order valence-electron chi connectivity index (χ1n) is 11.5. The number of anilines is 1. The molecule has 4 rings (SSSR count). The first-order chi connectivity index (χ1) is 18.2. The number of methoxy groups -OCH3 is 1. The van der Waals surface area contributed by atoms with Crippen LogP contribution in [-0.2, 0) is 16.2 Å². The summed E-state index contributed by atoms with van der Waals surface area (Å²) in [6.45, 7) is 1.63. The summed E-state index contributed by atoms with van der Waals surface area (Å²) < 4.78 is 11.2. The summed E-state index contributed by atoms with van der Waals surface area (Å²) in [6, 6.07) is 18.6. The first-order valence-corrected chi connectivity index (χ1v) is 12.3. The molecule has 3 amide bonds. The van der Waals surface area contributed by atoms with Gasteiger partial charge in [-0.05, 0) is 77.9 Å². The van der Waals surface area contributed by atoms with Crippen molar-refractivity contribution in [3.8, 4) is 11.5 Å². The second-order valence-electron chi connectivity index (χ2n) is 8.39. The summed E-state index contributed by atoms with van der Waals surface area (Å²) in [5, 5.41) is 11.3. The van der Waals surface area contributed by atoms with Crippen LogP contribution in [0.5, 0.6) is 11.5 Å². The lowest BCUT2D eigenvalue weighted by Crippen LogP contribution is -2.36. The molecular weight excluding hydrogens is 508 g/mol. The fourth-order valence-electron chi connectivity index (χ4n) is 3.70. The van der Waals surface area contributed by atoms with E-state index in [0.717, 1.165) is 22.2 Å². The molecule has 1 heterocycles. The average Bonchev–Trinajstić information content (AvgIpc) is 3.15. The van der Waals surface area contributed by atoms with Gasteiger partial charge in [0.15, 0.2) is 11.5 Å². The van der Waals surface area contributed by atoms with Gasteiger partial charge in [0.05, 0.1) is 17.6 Å². The Morgan fingerprint density at radius 2 is 1.82 bits per heavy atom. The standard InChI is InChI=1S/C28H24N2O7S/c1-17-5-3-8-21(11-17)29-25(31)15-30-26(32)24(38-28(30)35)14-18-9-10-22(23(13-18)36-2)37-16-19-6-4-7-20(12-19)27(33)34/h3-14H,15-16H2,1-2H3,(H,29,31)(H,33,34)/b24-14-. The molecule has 0 spiro atoms. The van der Waals surface area contributed by atoms with E-state index in [1.165, 1.54) is 19.2 Å². The second kappa shape index (κ2) is 11.7. The molecule has 38 heavy (non-hydrogen) atoms. The van der Waals surface area contributed by atoms with E-state index in [1.807, 2.05) is 13.0 Å². The number of aryl methyl sites for hydroxylation is 1. The Balaban J connectivity index is 1.43. The molecule has 194 valence electrons. The van der Waals surface area contributed by atoms with E-state index in [1.54, 1.807) is 54.6 Å². The quantitative estimate of drug-likeness (QED) is 0.371. The SMILES string of the molecule is COc1cc(/C=C2\SC(=O)N(CC(=O)Nc3cccc(C)c3)C2=O)ccc1OCc1cccc(C(=O)O)c1. The van der Waals surface area contributed by atoms with Gasteiger partial charge in [-0.3, -0.25) is 19.3 Å². The van der Waals surface area contributed by atoms with E-state index in [4.69, 9.17) is 14.6 Å². The third kappa shape index (κ3) is 6.40. The number of hydrogen-bond acceptors (Lipinski definition) is 7. The molecule has 3 aromatic rings. The van der Waals surface area contributed by atoms with Crippen molar-refractivity contribution in [1.29, 1.82) is 0 Å². The van der Waals surface area contributed by atoms with Gasteiger partial charge in [0.2, 0.25) is 5.91 Å². The summed E-state index contributed by atoms with van der Waals surface area (Å²) in [5.41, 5.74) is 2.99. The zero-order chi connectivity index (χ0) is 27.2. The lowest BCUT2D eigenvalue weighted by atomic mass is 10.1. The Hall–Kier alpha value is -4.57. The number of hydrogen-bond donors (Lipinski definition) is 2. The number of thioether (sulfide) groups is 1.